The SMILES string of the molecule is C[C@H](C(=O)NC[C@@H]1CCC[C@H]1O)c1ccc(Br)cc1. The largest absolute Gasteiger partial charge is 0.393 e. The van der Waals surface area contributed by atoms with E-state index in [4.69, 9.17) is 0 Å². The maximum absolute atomic E-state index is 12.1. The number of hydrogen-bond donors (Lipinski definition) is 2. The van der Waals surface area contributed by atoms with Gasteiger partial charge in [0.1, 0.15) is 0 Å². The van der Waals surface area contributed by atoms with E-state index >= 15 is 0 Å². The number of carbonyl (C=O) groups is 1. The quantitative estimate of drug-likeness (QED) is 0.894. The monoisotopic (exact) mass is 325 g/mol. The van der Waals surface area contributed by atoms with Crippen molar-refractivity contribution >= 4 is 21.8 Å². The molecule has 0 unspecified atom stereocenters. The third-order valence-corrected chi connectivity index (χ3v) is 4.45. The molecule has 2 rings (SSSR count). The van der Waals surface area contributed by atoms with E-state index in [0.29, 0.717) is 6.54 Å². The standard InChI is InChI=1S/C15H20BrNO2/c1-10(11-5-7-13(16)8-6-11)15(19)17-9-12-3-2-4-14(12)18/h5-8,10,12,14,18H,2-4,9H2,1H3,(H,17,19)/t10-,12-,14+/m0/s1. The van der Waals surface area contributed by atoms with E-state index in [1.54, 1.807) is 0 Å². The lowest BCUT2D eigenvalue weighted by Gasteiger charge is -2.17. The van der Waals surface area contributed by atoms with Crippen LogP contribution in [-0.4, -0.2) is 23.7 Å². The van der Waals surface area contributed by atoms with Crippen molar-refractivity contribution < 1.29 is 9.90 Å². The molecule has 19 heavy (non-hydrogen) atoms. The number of halogens is 1. The van der Waals surface area contributed by atoms with Crippen LogP contribution in [0.15, 0.2) is 28.7 Å². The van der Waals surface area contributed by atoms with Crippen LogP contribution in [0, 0.1) is 5.92 Å². The van der Waals surface area contributed by atoms with Gasteiger partial charge in [0.05, 0.1) is 12.0 Å². The van der Waals surface area contributed by atoms with Crippen molar-refractivity contribution in [2.75, 3.05) is 6.54 Å². The summed E-state index contributed by atoms with van der Waals surface area (Å²) in [7, 11) is 0. The Balaban J connectivity index is 1.87. The van der Waals surface area contributed by atoms with Crippen molar-refractivity contribution in [2.24, 2.45) is 5.92 Å². The second-order valence-electron chi connectivity index (χ2n) is 5.28. The third kappa shape index (κ3) is 3.80. The van der Waals surface area contributed by atoms with Crippen LogP contribution < -0.4 is 5.32 Å². The molecule has 0 aliphatic heterocycles. The lowest BCUT2D eigenvalue weighted by atomic mass is 10.00. The van der Waals surface area contributed by atoms with Gasteiger partial charge in [-0.2, -0.15) is 0 Å². The molecule has 0 bridgehead atoms. The lowest BCUT2D eigenvalue weighted by Crippen LogP contribution is -2.34. The zero-order valence-electron chi connectivity index (χ0n) is 11.1. The summed E-state index contributed by atoms with van der Waals surface area (Å²) < 4.78 is 1.01. The van der Waals surface area contributed by atoms with Crippen molar-refractivity contribution in [3.63, 3.8) is 0 Å². The number of aliphatic hydroxyl groups is 1. The molecule has 0 aromatic heterocycles. The molecule has 1 aliphatic rings. The van der Waals surface area contributed by atoms with E-state index < -0.39 is 0 Å². The highest BCUT2D eigenvalue weighted by Crippen LogP contribution is 2.25. The zero-order chi connectivity index (χ0) is 13.8. The number of amides is 1. The molecule has 0 heterocycles. The van der Waals surface area contributed by atoms with Gasteiger partial charge in [-0.25, -0.2) is 0 Å². The zero-order valence-corrected chi connectivity index (χ0v) is 12.7. The van der Waals surface area contributed by atoms with Gasteiger partial charge >= 0.3 is 0 Å². The summed E-state index contributed by atoms with van der Waals surface area (Å²) >= 11 is 3.39. The van der Waals surface area contributed by atoms with Gasteiger partial charge in [-0.1, -0.05) is 34.5 Å². The number of aliphatic hydroxyl groups excluding tert-OH is 1. The molecule has 4 heteroatoms. The normalized spacial score (nSPS) is 24.2. The fourth-order valence-electron chi connectivity index (χ4n) is 2.54. The molecule has 0 saturated heterocycles. The van der Waals surface area contributed by atoms with Crippen LogP contribution in [0.25, 0.3) is 0 Å². The average Bonchev–Trinajstić information content (AvgIpc) is 2.81. The first-order chi connectivity index (χ1) is 9.08. The van der Waals surface area contributed by atoms with Crippen LogP contribution in [0.5, 0.6) is 0 Å². The van der Waals surface area contributed by atoms with Gasteiger partial charge in [0.2, 0.25) is 5.91 Å². The van der Waals surface area contributed by atoms with Gasteiger partial charge in [-0.3, -0.25) is 4.79 Å². The minimum atomic E-state index is -0.247. The maximum Gasteiger partial charge on any atom is 0.227 e. The molecule has 1 aliphatic carbocycles. The number of carbonyl (C=O) groups excluding carboxylic acids is 1. The number of hydrogen-bond acceptors (Lipinski definition) is 2. The Bertz CT molecular complexity index is 432. The van der Waals surface area contributed by atoms with E-state index in [9.17, 15) is 9.90 Å². The van der Waals surface area contributed by atoms with Crippen molar-refractivity contribution in [3.8, 4) is 0 Å². The smallest absolute Gasteiger partial charge is 0.227 e. The highest BCUT2D eigenvalue weighted by Gasteiger charge is 2.26. The summed E-state index contributed by atoms with van der Waals surface area (Å²) in [6.07, 6.45) is 2.68. The van der Waals surface area contributed by atoms with Gasteiger partial charge < -0.3 is 10.4 Å². The number of benzene rings is 1. The Morgan fingerprint density at radius 2 is 2.11 bits per heavy atom. The molecule has 104 valence electrons. The van der Waals surface area contributed by atoms with E-state index in [-0.39, 0.29) is 23.8 Å². The fourth-order valence-corrected chi connectivity index (χ4v) is 2.81. The van der Waals surface area contributed by atoms with Gasteiger partial charge in [-0.05, 0) is 37.5 Å². The Hall–Kier alpha value is -0.870. The van der Waals surface area contributed by atoms with Crippen molar-refractivity contribution in [3.05, 3.63) is 34.3 Å². The summed E-state index contributed by atoms with van der Waals surface area (Å²) in [5.74, 6) is 0.0918. The second kappa shape index (κ2) is 6.53. The predicted octanol–water partition coefficient (Wildman–Crippen LogP) is 2.83. The average molecular weight is 326 g/mol. The molecule has 1 amide bonds. The van der Waals surface area contributed by atoms with Gasteiger partial charge in [-0.15, -0.1) is 0 Å². The Kier molecular flexibility index (Phi) is 4.99. The molecule has 0 radical (unpaired) electrons. The number of rotatable bonds is 4. The van der Waals surface area contributed by atoms with E-state index in [1.165, 1.54) is 0 Å². The summed E-state index contributed by atoms with van der Waals surface area (Å²) in [6.45, 7) is 2.49. The summed E-state index contributed by atoms with van der Waals surface area (Å²) in [5, 5.41) is 12.7. The number of nitrogens with one attached hydrogen (secondary N) is 1. The molecule has 3 atom stereocenters. The van der Waals surface area contributed by atoms with Crippen LogP contribution in [-0.2, 0) is 4.79 Å². The van der Waals surface area contributed by atoms with Crippen molar-refractivity contribution in [2.45, 2.75) is 38.2 Å². The minimum Gasteiger partial charge on any atom is -0.393 e. The minimum absolute atomic E-state index is 0.0291. The Labute approximate surface area is 122 Å². The Morgan fingerprint density at radius 3 is 2.68 bits per heavy atom. The highest BCUT2D eigenvalue weighted by molar-refractivity contribution is 9.10. The van der Waals surface area contributed by atoms with Crippen molar-refractivity contribution in [1.29, 1.82) is 0 Å². The van der Waals surface area contributed by atoms with Gasteiger partial charge in [0, 0.05) is 16.9 Å². The molecule has 1 aromatic carbocycles. The third-order valence-electron chi connectivity index (χ3n) is 3.92. The molecule has 1 fully saturated rings. The second-order valence-corrected chi connectivity index (χ2v) is 6.19. The van der Waals surface area contributed by atoms with Gasteiger partial charge in [0.25, 0.3) is 0 Å². The first kappa shape index (κ1) is 14.5. The van der Waals surface area contributed by atoms with Crippen LogP contribution in [0.4, 0.5) is 0 Å². The van der Waals surface area contributed by atoms with E-state index in [0.717, 1.165) is 29.3 Å². The highest BCUT2D eigenvalue weighted by atomic mass is 79.9. The molecule has 1 aromatic rings. The van der Waals surface area contributed by atoms with Crippen LogP contribution in [0.1, 0.15) is 37.7 Å². The van der Waals surface area contributed by atoms with Crippen LogP contribution in [0.3, 0.4) is 0 Å². The fraction of sp³-hybridized carbons (Fsp3) is 0.533. The summed E-state index contributed by atoms with van der Waals surface area (Å²) in [5.41, 5.74) is 1.01. The molecular weight excluding hydrogens is 306 g/mol. The topological polar surface area (TPSA) is 49.3 Å². The van der Waals surface area contributed by atoms with Crippen molar-refractivity contribution in [1.82, 2.24) is 5.32 Å². The molecule has 0 spiro atoms. The molecular formula is C15H20BrNO2. The summed E-state index contributed by atoms with van der Waals surface area (Å²) in [4.78, 5) is 12.1. The van der Waals surface area contributed by atoms with Crippen LogP contribution in [0.2, 0.25) is 0 Å². The van der Waals surface area contributed by atoms with Crippen LogP contribution >= 0.6 is 15.9 Å². The van der Waals surface area contributed by atoms with E-state index in [2.05, 4.69) is 21.2 Å². The predicted molar refractivity (Wildman–Crippen MR) is 78.9 cm³/mol. The molecule has 1 saturated carbocycles. The molecule has 2 N–H and O–H groups in total. The lowest BCUT2D eigenvalue weighted by molar-refractivity contribution is -0.122. The van der Waals surface area contributed by atoms with Gasteiger partial charge in [0.15, 0.2) is 0 Å². The first-order valence-corrected chi connectivity index (χ1v) is 7.58. The summed E-state index contributed by atoms with van der Waals surface area (Å²) in [6, 6.07) is 7.80. The maximum atomic E-state index is 12.1. The van der Waals surface area contributed by atoms with E-state index in [1.807, 2.05) is 31.2 Å². The first-order valence-electron chi connectivity index (χ1n) is 6.79. The molecule has 3 nitrogen and oxygen atoms in total. The Morgan fingerprint density at radius 1 is 1.42 bits per heavy atom.